The van der Waals surface area contributed by atoms with Gasteiger partial charge in [0.25, 0.3) is 10.0 Å². The summed E-state index contributed by atoms with van der Waals surface area (Å²) < 4.78 is 27.9. The molecule has 5 nitrogen and oxygen atoms in total. The number of halogens is 1. The van der Waals surface area contributed by atoms with Gasteiger partial charge < -0.3 is 5.11 Å². The summed E-state index contributed by atoms with van der Waals surface area (Å²) in [5.74, 6) is 0.303. The molecule has 0 fully saturated rings. The Balaban J connectivity index is 2.25. The van der Waals surface area contributed by atoms with Crippen molar-refractivity contribution in [3.05, 3.63) is 52.1 Å². The second-order valence-electron chi connectivity index (χ2n) is 4.54. The SMILES string of the molecule is Cc1cc(Br)cnc1NS(=O)(=O)c1ccc(CCO)cc1. The number of benzene rings is 1. The van der Waals surface area contributed by atoms with Crippen molar-refractivity contribution in [1.29, 1.82) is 0 Å². The number of anilines is 1. The summed E-state index contributed by atoms with van der Waals surface area (Å²) in [6.07, 6.45) is 2.04. The van der Waals surface area contributed by atoms with E-state index >= 15 is 0 Å². The van der Waals surface area contributed by atoms with Crippen molar-refractivity contribution in [2.45, 2.75) is 18.2 Å². The molecule has 112 valence electrons. The van der Waals surface area contributed by atoms with Crippen molar-refractivity contribution in [2.75, 3.05) is 11.3 Å². The number of aliphatic hydroxyl groups is 1. The minimum Gasteiger partial charge on any atom is -0.396 e. The zero-order valence-corrected chi connectivity index (χ0v) is 13.8. The summed E-state index contributed by atoms with van der Waals surface area (Å²) in [5, 5.41) is 8.85. The number of hydrogen-bond acceptors (Lipinski definition) is 4. The van der Waals surface area contributed by atoms with Crippen molar-refractivity contribution in [2.24, 2.45) is 0 Å². The molecule has 2 rings (SSSR count). The Morgan fingerprint density at radius 2 is 1.95 bits per heavy atom. The van der Waals surface area contributed by atoms with Crippen LogP contribution in [-0.2, 0) is 16.4 Å². The van der Waals surface area contributed by atoms with E-state index in [-0.39, 0.29) is 11.5 Å². The second-order valence-corrected chi connectivity index (χ2v) is 7.14. The predicted octanol–water partition coefficient (Wildman–Crippen LogP) is 2.49. The fraction of sp³-hybridized carbons (Fsp3) is 0.214. The first-order valence-corrected chi connectivity index (χ1v) is 8.55. The first-order valence-electron chi connectivity index (χ1n) is 6.27. The van der Waals surface area contributed by atoms with Gasteiger partial charge in [0, 0.05) is 17.3 Å². The average molecular weight is 371 g/mol. The summed E-state index contributed by atoms with van der Waals surface area (Å²) in [6.45, 7) is 1.81. The molecule has 0 aliphatic heterocycles. The van der Waals surface area contributed by atoms with Crippen molar-refractivity contribution in [3.63, 3.8) is 0 Å². The van der Waals surface area contributed by atoms with Crippen LogP contribution in [0.2, 0.25) is 0 Å². The zero-order valence-electron chi connectivity index (χ0n) is 11.4. The molecule has 0 aliphatic rings. The molecule has 0 aliphatic carbocycles. The predicted molar refractivity (Wildman–Crippen MR) is 84.7 cm³/mol. The van der Waals surface area contributed by atoms with Gasteiger partial charge in [-0.1, -0.05) is 12.1 Å². The molecule has 0 unspecified atom stereocenters. The molecule has 0 saturated heterocycles. The lowest BCUT2D eigenvalue weighted by atomic mass is 10.2. The lowest BCUT2D eigenvalue weighted by molar-refractivity contribution is 0.299. The van der Waals surface area contributed by atoms with Crippen LogP contribution in [0.5, 0.6) is 0 Å². The Hall–Kier alpha value is -1.44. The van der Waals surface area contributed by atoms with E-state index in [0.717, 1.165) is 15.6 Å². The lowest BCUT2D eigenvalue weighted by Crippen LogP contribution is -2.14. The van der Waals surface area contributed by atoms with Gasteiger partial charge in [-0.2, -0.15) is 0 Å². The third-order valence-corrected chi connectivity index (χ3v) is 4.70. The van der Waals surface area contributed by atoms with Crippen LogP contribution in [0.15, 0.2) is 45.9 Å². The summed E-state index contributed by atoms with van der Waals surface area (Å²) in [7, 11) is -3.67. The number of nitrogens with one attached hydrogen (secondary N) is 1. The van der Waals surface area contributed by atoms with Crippen molar-refractivity contribution in [1.82, 2.24) is 4.98 Å². The monoisotopic (exact) mass is 370 g/mol. The standard InChI is InChI=1S/C14H15BrN2O3S/c1-10-8-12(15)9-16-14(10)17-21(19,20)13-4-2-11(3-5-13)6-7-18/h2-5,8-9,18H,6-7H2,1H3,(H,16,17). The number of rotatable bonds is 5. The summed E-state index contributed by atoms with van der Waals surface area (Å²) in [4.78, 5) is 4.23. The molecule has 2 aromatic rings. The van der Waals surface area contributed by atoms with E-state index in [2.05, 4.69) is 25.6 Å². The van der Waals surface area contributed by atoms with Crippen LogP contribution in [0.3, 0.4) is 0 Å². The third-order valence-electron chi connectivity index (χ3n) is 2.91. The van der Waals surface area contributed by atoms with Crippen molar-refractivity contribution >= 4 is 31.8 Å². The molecule has 2 N–H and O–H groups in total. The minimum atomic E-state index is -3.67. The topological polar surface area (TPSA) is 79.3 Å². The average Bonchev–Trinajstić information content (AvgIpc) is 2.43. The fourth-order valence-electron chi connectivity index (χ4n) is 1.80. The first kappa shape index (κ1) is 15.9. The fourth-order valence-corrected chi connectivity index (χ4v) is 3.32. The Labute approximate surface area is 132 Å². The van der Waals surface area contributed by atoms with Crippen LogP contribution in [-0.4, -0.2) is 25.1 Å². The molecule has 0 radical (unpaired) electrons. The van der Waals surface area contributed by atoms with Gasteiger partial charge >= 0.3 is 0 Å². The first-order chi connectivity index (χ1) is 9.92. The number of aryl methyl sites for hydroxylation is 1. The molecule has 1 aromatic carbocycles. The normalized spacial score (nSPS) is 11.4. The number of nitrogens with zero attached hydrogens (tertiary/aromatic N) is 1. The largest absolute Gasteiger partial charge is 0.396 e. The number of pyridine rings is 1. The van der Waals surface area contributed by atoms with E-state index in [1.807, 2.05) is 0 Å². The van der Waals surface area contributed by atoms with Gasteiger partial charge in [-0.3, -0.25) is 4.72 Å². The molecule has 0 amide bonds. The summed E-state index contributed by atoms with van der Waals surface area (Å²) >= 11 is 3.28. The number of aliphatic hydroxyl groups excluding tert-OH is 1. The molecule has 21 heavy (non-hydrogen) atoms. The van der Waals surface area contributed by atoms with Gasteiger partial charge in [-0.15, -0.1) is 0 Å². The zero-order chi connectivity index (χ0) is 15.5. The minimum absolute atomic E-state index is 0.0341. The van der Waals surface area contributed by atoms with E-state index in [0.29, 0.717) is 12.2 Å². The van der Waals surface area contributed by atoms with Crippen molar-refractivity contribution in [3.8, 4) is 0 Å². The van der Waals surface area contributed by atoms with E-state index in [4.69, 9.17) is 5.11 Å². The highest BCUT2D eigenvalue weighted by Gasteiger charge is 2.16. The van der Waals surface area contributed by atoms with Crippen molar-refractivity contribution < 1.29 is 13.5 Å². The highest BCUT2D eigenvalue weighted by Crippen LogP contribution is 2.20. The molecule has 1 aromatic heterocycles. The lowest BCUT2D eigenvalue weighted by Gasteiger charge is -2.10. The Bertz CT molecular complexity index is 730. The summed E-state index contributed by atoms with van der Waals surface area (Å²) in [6, 6.07) is 8.19. The molecule has 0 spiro atoms. The molecule has 7 heteroatoms. The molecule has 0 bridgehead atoms. The summed E-state index contributed by atoms with van der Waals surface area (Å²) in [5.41, 5.74) is 1.61. The Kier molecular flexibility index (Phi) is 4.97. The van der Waals surface area contributed by atoms with Gasteiger partial charge in [0.15, 0.2) is 0 Å². The third kappa shape index (κ3) is 4.03. The van der Waals surface area contributed by atoms with Crippen LogP contribution in [0.1, 0.15) is 11.1 Å². The Morgan fingerprint density at radius 3 is 2.52 bits per heavy atom. The number of hydrogen-bond donors (Lipinski definition) is 2. The molecule has 0 saturated carbocycles. The van der Waals surface area contributed by atoms with Crippen LogP contribution < -0.4 is 4.72 Å². The van der Waals surface area contributed by atoms with Gasteiger partial charge in [-0.05, 0) is 58.6 Å². The van der Waals surface area contributed by atoms with Gasteiger partial charge in [0.2, 0.25) is 0 Å². The molecule has 1 heterocycles. The second kappa shape index (κ2) is 6.55. The number of sulfonamides is 1. The maximum absolute atomic E-state index is 12.3. The van der Waals surface area contributed by atoms with E-state index in [1.54, 1.807) is 25.1 Å². The van der Waals surface area contributed by atoms with E-state index < -0.39 is 10.0 Å². The van der Waals surface area contributed by atoms with Crippen LogP contribution in [0.4, 0.5) is 5.82 Å². The highest BCUT2D eigenvalue weighted by atomic mass is 79.9. The Morgan fingerprint density at radius 1 is 1.29 bits per heavy atom. The van der Waals surface area contributed by atoms with Gasteiger partial charge in [0.1, 0.15) is 5.82 Å². The molecular formula is C14H15BrN2O3S. The molecular weight excluding hydrogens is 356 g/mol. The van der Waals surface area contributed by atoms with Crippen LogP contribution in [0.25, 0.3) is 0 Å². The van der Waals surface area contributed by atoms with Gasteiger partial charge in [-0.25, -0.2) is 13.4 Å². The van der Waals surface area contributed by atoms with E-state index in [1.165, 1.54) is 18.3 Å². The van der Waals surface area contributed by atoms with Crippen LogP contribution in [0, 0.1) is 6.92 Å². The van der Waals surface area contributed by atoms with E-state index in [9.17, 15) is 8.42 Å². The maximum atomic E-state index is 12.3. The van der Waals surface area contributed by atoms with Gasteiger partial charge in [0.05, 0.1) is 4.90 Å². The molecule has 0 atom stereocenters. The van der Waals surface area contributed by atoms with Crippen LogP contribution >= 0.6 is 15.9 Å². The number of aromatic nitrogens is 1. The maximum Gasteiger partial charge on any atom is 0.263 e. The smallest absolute Gasteiger partial charge is 0.263 e. The quantitative estimate of drug-likeness (QED) is 0.847. The highest BCUT2D eigenvalue weighted by molar-refractivity contribution is 9.10.